The zero-order chi connectivity index (χ0) is 13.6. The Morgan fingerprint density at radius 3 is 2.33 bits per heavy atom. The molecule has 0 aromatic rings. The first-order valence-electron chi connectivity index (χ1n) is 6.77. The van der Waals surface area contributed by atoms with E-state index in [1.165, 1.54) is 0 Å². The lowest BCUT2D eigenvalue weighted by molar-refractivity contribution is -0.154. The van der Waals surface area contributed by atoms with E-state index in [1.54, 1.807) is 4.90 Å². The highest BCUT2D eigenvalue weighted by molar-refractivity contribution is 5.79. The van der Waals surface area contributed by atoms with Crippen molar-refractivity contribution in [3.8, 4) is 0 Å². The van der Waals surface area contributed by atoms with Gasteiger partial charge in [0.2, 0.25) is 5.91 Å². The van der Waals surface area contributed by atoms with Crippen LogP contribution in [0.2, 0.25) is 0 Å². The summed E-state index contributed by atoms with van der Waals surface area (Å²) in [5.41, 5.74) is -0.617. The van der Waals surface area contributed by atoms with E-state index in [0.717, 1.165) is 13.0 Å². The Morgan fingerprint density at radius 2 is 1.89 bits per heavy atom. The summed E-state index contributed by atoms with van der Waals surface area (Å²) in [4.78, 5) is 24.9. The lowest BCUT2D eigenvalue weighted by Gasteiger charge is -2.38. The number of nitrogens with zero attached hydrogens (tertiary/aromatic N) is 1. The van der Waals surface area contributed by atoms with Crippen molar-refractivity contribution in [3.05, 3.63) is 0 Å². The molecule has 1 aliphatic rings. The maximum atomic E-state index is 11.9. The topological polar surface area (TPSA) is 69.6 Å². The number of carboxylic acids is 1. The second kappa shape index (κ2) is 6.73. The second-order valence-corrected chi connectivity index (χ2v) is 5.00. The van der Waals surface area contributed by atoms with E-state index in [9.17, 15) is 14.7 Å². The first-order chi connectivity index (χ1) is 8.55. The molecule has 0 unspecified atom stereocenters. The molecule has 0 radical (unpaired) electrons. The molecule has 0 aromatic heterocycles. The van der Waals surface area contributed by atoms with Gasteiger partial charge in [-0.2, -0.15) is 0 Å². The minimum absolute atomic E-state index is 0.0820. The number of hydrogen-bond donors (Lipinski definition) is 2. The van der Waals surface area contributed by atoms with Crippen molar-refractivity contribution in [2.24, 2.45) is 5.41 Å². The first-order valence-corrected chi connectivity index (χ1v) is 6.77. The van der Waals surface area contributed by atoms with Crippen LogP contribution in [0.5, 0.6) is 0 Å². The van der Waals surface area contributed by atoms with Gasteiger partial charge in [0, 0.05) is 13.1 Å². The van der Waals surface area contributed by atoms with Gasteiger partial charge in [-0.1, -0.05) is 13.8 Å². The van der Waals surface area contributed by atoms with Gasteiger partial charge in [0.05, 0.1) is 12.0 Å². The highest BCUT2D eigenvalue weighted by atomic mass is 16.4. The summed E-state index contributed by atoms with van der Waals surface area (Å²) >= 11 is 0. The van der Waals surface area contributed by atoms with Gasteiger partial charge in [0.25, 0.3) is 0 Å². The van der Waals surface area contributed by atoms with Crippen LogP contribution in [0.25, 0.3) is 0 Å². The Morgan fingerprint density at radius 1 is 1.28 bits per heavy atom. The van der Waals surface area contributed by atoms with E-state index in [1.807, 2.05) is 6.92 Å². The van der Waals surface area contributed by atoms with E-state index in [0.29, 0.717) is 38.9 Å². The van der Waals surface area contributed by atoms with Crippen molar-refractivity contribution in [1.29, 1.82) is 0 Å². The number of carbonyl (C=O) groups is 2. The van der Waals surface area contributed by atoms with Crippen LogP contribution in [0.4, 0.5) is 0 Å². The number of hydrogen-bond acceptors (Lipinski definition) is 3. The minimum Gasteiger partial charge on any atom is -0.481 e. The second-order valence-electron chi connectivity index (χ2n) is 5.00. The molecule has 5 heteroatoms. The fourth-order valence-electron chi connectivity index (χ4n) is 2.39. The average molecular weight is 256 g/mol. The molecule has 0 spiro atoms. The quantitative estimate of drug-likeness (QED) is 0.698. The van der Waals surface area contributed by atoms with E-state index in [2.05, 4.69) is 12.2 Å². The van der Waals surface area contributed by atoms with Crippen LogP contribution in [0.1, 0.15) is 39.5 Å². The molecular formula is C13H24N2O3. The highest BCUT2D eigenvalue weighted by Gasteiger charge is 2.40. The SMILES string of the molecule is CCCNCC(=O)N1CCC(CC)(C(=O)O)CC1. The van der Waals surface area contributed by atoms with Gasteiger partial charge < -0.3 is 15.3 Å². The Balaban J connectivity index is 2.43. The molecule has 1 saturated heterocycles. The fraction of sp³-hybridized carbons (Fsp3) is 0.846. The number of nitrogens with one attached hydrogen (secondary N) is 1. The maximum absolute atomic E-state index is 11.9. The van der Waals surface area contributed by atoms with Gasteiger partial charge in [0.1, 0.15) is 0 Å². The number of aliphatic carboxylic acids is 1. The zero-order valence-electron chi connectivity index (χ0n) is 11.4. The van der Waals surface area contributed by atoms with Crippen molar-refractivity contribution < 1.29 is 14.7 Å². The van der Waals surface area contributed by atoms with Crippen LogP contribution < -0.4 is 5.32 Å². The Bertz CT molecular complexity index is 297. The molecule has 1 amide bonds. The lowest BCUT2D eigenvalue weighted by atomic mass is 9.76. The average Bonchev–Trinajstić information content (AvgIpc) is 2.38. The summed E-state index contributed by atoms with van der Waals surface area (Å²) in [6, 6.07) is 0. The third kappa shape index (κ3) is 3.45. The monoisotopic (exact) mass is 256 g/mol. The molecule has 0 bridgehead atoms. The zero-order valence-corrected chi connectivity index (χ0v) is 11.4. The Labute approximate surface area is 109 Å². The number of piperidine rings is 1. The number of carbonyl (C=O) groups excluding carboxylic acids is 1. The highest BCUT2D eigenvalue weighted by Crippen LogP contribution is 2.35. The van der Waals surface area contributed by atoms with Crippen molar-refractivity contribution in [1.82, 2.24) is 10.2 Å². The largest absolute Gasteiger partial charge is 0.481 e. The van der Waals surface area contributed by atoms with Gasteiger partial charge in [-0.3, -0.25) is 9.59 Å². The van der Waals surface area contributed by atoms with Crippen LogP contribution in [0.3, 0.4) is 0 Å². The predicted molar refractivity (Wildman–Crippen MR) is 69.3 cm³/mol. The van der Waals surface area contributed by atoms with Crippen molar-refractivity contribution in [3.63, 3.8) is 0 Å². The number of rotatable bonds is 6. The molecule has 2 N–H and O–H groups in total. The third-order valence-electron chi connectivity index (χ3n) is 3.91. The maximum Gasteiger partial charge on any atom is 0.309 e. The standard InChI is InChI=1S/C13H24N2O3/c1-3-7-14-10-11(16)15-8-5-13(4-2,6-9-15)12(17)18/h14H,3-10H2,1-2H3,(H,17,18). The molecule has 18 heavy (non-hydrogen) atoms. The summed E-state index contributed by atoms with van der Waals surface area (Å²) in [5, 5.41) is 12.4. The van der Waals surface area contributed by atoms with E-state index in [-0.39, 0.29) is 5.91 Å². The fourth-order valence-corrected chi connectivity index (χ4v) is 2.39. The van der Waals surface area contributed by atoms with Gasteiger partial charge in [0.15, 0.2) is 0 Å². The molecule has 0 atom stereocenters. The molecule has 104 valence electrons. The number of amides is 1. The van der Waals surface area contributed by atoms with Crippen molar-refractivity contribution in [2.75, 3.05) is 26.2 Å². The molecular weight excluding hydrogens is 232 g/mol. The Kier molecular flexibility index (Phi) is 5.59. The van der Waals surface area contributed by atoms with Gasteiger partial charge >= 0.3 is 5.97 Å². The van der Waals surface area contributed by atoms with Crippen LogP contribution in [-0.2, 0) is 9.59 Å². The predicted octanol–water partition coefficient (Wildman–Crippen LogP) is 1.09. The van der Waals surface area contributed by atoms with Crippen LogP contribution in [0.15, 0.2) is 0 Å². The molecule has 1 fully saturated rings. The summed E-state index contributed by atoms with van der Waals surface area (Å²) in [6.07, 6.45) is 2.78. The van der Waals surface area contributed by atoms with Gasteiger partial charge in [-0.15, -0.1) is 0 Å². The molecule has 0 aliphatic carbocycles. The van der Waals surface area contributed by atoms with Crippen molar-refractivity contribution in [2.45, 2.75) is 39.5 Å². The van der Waals surface area contributed by atoms with Crippen LogP contribution >= 0.6 is 0 Å². The van der Waals surface area contributed by atoms with Crippen LogP contribution in [0, 0.1) is 5.41 Å². The summed E-state index contributed by atoms with van der Waals surface area (Å²) in [5.74, 6) is -0.639. The molecule has 5 nitrogen and oxygen atoms in total. The molecule has 1 rings (SSSR count). The van der Waals surface area contributed by atoms with Crippen LogP contribution in [-0.4, -0.2) is 48.1 Å². The first kappa shape index (κ1) is 15.0. The normalized spacial score (nSPS) is 18.7. The number of likely N-dealkylation sites (tertiary alicyclic amines) is 1. The summed E-state index contributed by atoms with van der Waals surface area (Å²) < 4.78 is 0. The lowest BCUT2D eigenvalue weighted by Crippen LogP contribution is -2.48. The van der Waals surface area contributed by atoms with E-state index >= 15 is 0 Å². The van der Waals surface area contributed by atoms with E-state index < -0.39 is 11.4 Å². The van der Waals surface area contributed by atoms with E-state index in [4.69, 9.17) is 0 Å². The molecule has 0 saturated carbocycles. The molecule has 1 aliphatic heterocycles. The smallest absolute Gasteiger partial charge is 0.309 e. The summed E-state index contributed by atoms with van der Waals surface area (Å²) in [7, 11) is 0. The summed E-state index contributed by atoms with van der Waals surface area (Å²) in [6.45, 7) is 6.29. The van der Waals surface area contributed by atoms with Gasteiger partial charge in [-0.25, -0.2) is 0 Å². The molecule has 0 aromatic carbocycles. The Hall–Kier alpha value is -1.10. The van der Waals surface area contributed by atoms with Gasteiger partial charge in [-0.05, 0) is 32.2 Å². The van der Waals surface area contributed by atoms with Crippen molar-refractivity contribution >= 4 is 11.9 Å². The minimum atomic E-state index is -0.721. The third-order valence-corrected chi connectivity index (χ3v) is 3.91. The number of carboxylic acid groups (broad SMARTS) is 1. The molecule has 1 heterocycles.